The third-order valence-electron chi connectivity index (χ3n) is 6.61. The van der Waals surface area contributed by atoms with Crippen molar-refractivity contribution in [3.63, 3.8) is 0 Å². The molecule has 0 spiro atoms. The van der Waals surface area contributed by atoms with E-state index < -0.39 is 5.97 Å². The Morgan fingerprint density at radius 3 is 2.74 bits per heavy atom. The molecule has 0 radical (unpaired) electrons. The average molecular weight is 400 g/mol. The van der Waals surface area contributed by atoms with Crippen LogP contribution in [0.5, 0.6) is 0 Å². The second-order valence-electron chi connectivity index (χ2n) is 8.53. The van der Waals surface area contributed by atoms with Crippen molar-refractivity contribution in [1.29, 1.82) is 0 Å². The lowest BCUT2D eigenvalue weighted by Gasteiger charge is -2.46. The lowest BCUT2D eigenvalue weighted by Crippen LogP contribution is -2.42. The fraction of sp³-hybridized carbons (Fsp3) is 0.864. The number of aliphatic hydroxyl groups is 1. The van der Waals surface area contributed by atoms with Gasteiger partial charge in [-0.1, -0.05) is 31.9 Å². The van der Waals surface area contributed by atoms with Gasteiger partial charge in [0.1, 0.15) is 0 Å². The minimum atomic E-state index is -0.726. The highest BCUT2D eigenvalue weighted by atomic mass is 35.5. The van der Waals surface area contributed by atoms with Gasteiger partial charge >= 0.3 is 5.97 Å². The van der Waals surface area contributed by atoms with E-state index >= 15 is 0 Å². The van der Waals surface area contributed by atoms with E-state index in [-0.39, 0.29) is 23.3 Å². The van der Waals surface area contributed by atoms with Crippen molar-refractivity contribution >= 4 is 17.6 Å². The molecule has 3 atom stereocenters. The molecule has 1 aliphatic heterocycles. The van der Waals surface area contributed by atoms with E-state index in [0.29, 0.717) is 12.5 Å². The summed E-state index contributed by atoms with van der Waals surface area (Å²) >= 11 is 6.54. The molecule has 4 nitrogen and oxygen atoms in total. The highest BCUT2D eigenvalue weighted by Crippen LogP contribution is 2.48. The largest absolute Gasteiger partial charge is 0.481 e. The molecule has 2 aliphatic rings. The maximum absolute atomic E-state index is 10.7. The van der Waals surface area contributed by atoms with E-state index in [2.05, 4.69) is 24.0 Å². The van der Waals surface area contributed by atoms with Crippen LogP contribution in [0.15, 0.2) is 12.2 Å². The minimum Gasteiger partial charge on any atom is -0.481 e. The monoisotopic (exact) mass is 399 g/mol. The molecule has 1 aliphatic carbocycles. The number of nitrogens with zero attached hydrogens (tertiary/aromatic N) is 1. The van der Waals surface area contributed by atoms with E-state index in [1.807, 2.05) is 0 Å². The molecule has 1 saturated carbocycles. The summed E-state index contributed by atoms with van der Waals surface area (Å²) in [5.74, 6) is -0.726. The molecule has 27 heavy (non-hydrogen) atoms. The second-order valence-corrected chi connectivity index (χ2v) is 9.09. The fourth-order valence-corrected chi connectivity index (χ4v) is 5.21. The van der Waals surface area contributed by atoms with Crippen LogP contribution in [0.25, 0.3) is 0 Å². The highest BCUT2D eigenvalue weighted by molar-refractivity contribution is 6.21. The van der Waals surface area contributed by atoms with E-state index in [1.54, 1.807) is 0 Å². The molecule has 2 rings (SSSR count). The van der Waals surface area contributed by atoms with Gasteiger partial charge in [0, 0.05) is 12.5 Å². The standard InChI is InChI=1S/C22H38ClNO3/c1-2-13-22(14-8-15-22)20(25)10-7-16-24-17-12-18(23)19(24)9-5-3-4-6-11-21(26)27/h3,5,18-20,25H,2,4,6-17H2,1H3,(H,26,27)/t18-,19+,20-/m1/s1. The number of rotatable bonds is 13. The first-order valence-electron chi connectivity index (χ1n) is 10.9. The van der Waals surface area contributed by atoms with Crippen LogP contribution < -0.4 is 0 Å². The Bertz CT molecular complexity index is 478. The number of halogens is 1. The number of likely N-dealkylation sites (tertiary alicyclic amines) is 1. The van der Waals surface area contributed by atoms with E-state index in [0.717, 1.165) is 58.0 Å². The Balaban J connectivity index is 1.69. The van der Waals surface area contributed by atoms with Gasteiger partial charge in [-0.2, -0.15) is 0 Å². The number of allylic oxidation sites excluding steroid dienone is 1. The molecule has 5 heteroatoms. The first-order chi connectivity index (χ1) is 13.0. The first kappa shape index (κ1) is 22.7. The zero-order valence-electron chi connectivity index (χ0n) is 16.9. The molecule has 0 bridgehead atoms. The fourth-order valence-electron chi connectivity index (χ4n) is 4.85. The Morgan fingerprint density at radius 1 is 1.33 bits per heavy atom. The third kappa shape index (κ3) is 6.76. The number of carbonyl (C=O) groups is 1. The Kier molecular flexibility index (Phi) is 9.61. The molecule has 0 aromatic carbocycles. The van der Waals surface area contributed by atoms with Crippen molar-refractivity contribution in [2.45, 2.75) is 101 Å². The summed E-state index contributed by atoms with van der Waals surface area (Å²) in [6.45, 7) is 4.28. The number of hydrogen-bond acceptors (Lipinski definition) is 3. The van der Waals surface area contributed by atoms with Gasteiger partial charge in [-0.05, 0) is 76.3 Å². The average Bonchev–Trinajstić information content (AvgIpc) is 2.94. The van der Waals surface area contributed by atoms with Crippen molar-refractivity contribution < 1.29 is 15.0 Å². The zero-order valence-corrected chi connectivity index (χ0v) is 17.7. The summed E-state index contributed by atoms with van der Waals surface area (Å²) in [5, 5.41) is 19.6. The van der Waals surface area contributed by atoms with Gasteiger partial charge in [0.25, 0.3) is 0 Å². The van der Waals surface area contributed by atoms with Crippen LogP contribution in [0, 0.1) is 5.41 Å². The van der Waals surface area contributed by atoms with Gasteiger partial charge in [-0.25, -0.2) is 0 Å². The quantitative estimate of drug-likeness (QED) is 0.260. The topological polar surface area (TPSA) is 60.8 Å². The summed E-state index contributed by atoms with van der Waals surface area (Å²) in [6, 6.07) is 0.368. The van der Waals surface area contributed by atoms with Gasteiger partial charge in [-0.3, -0.25) is 9.69 Å². The predicted molar refractivity (Wildman–Crippen MR) is 111 cm³/mol. The van der Waals surface area contributed by atoms with Crippen molar-refractivity contribution in [2.75, 3.05) is 13.1 Å². The van der Waals surface area contributed by atoms with Crippen LogP contribution in [0.4, 0.5) is 0 Å². The van der Waals surface area contributed by atoms with Crippen molar-refractivity contribution in [1.82, 2.24) is 4.90 Å². The predicted octanol–water partition coefficient (Wildman–Crippen LogP) is 4.98. The smallest absolute Gasteiger partial charge is 0.303 e. The summed E-state index contributed by atoms with van der Waals surface area (Å²) in [5.41, 5.74) is 0.215. The molecule has 0 amide bonds. The Hall–Kier alpha value is -0.580. The molecule has 0 aromatic heterocycles. The van der Waals surface area contributed by atoms with E-state index in [1.165, 1.54) is 19.3 Å². The maximum Gasteiger partial charge on any atom is 0.303 e. The van der Waals surface area contributed by atoms with Crippen molar-refractivity contribution in [2.24, 2.45) is 5.41 Å². The number of carboxylic acids is 1. The minimum absolute atomic E-state index is 0.145. The van der Waals surface area contributed by atoms with Crippen molar-refractivity contribution in [3.8, 4) is 0 Å². The van der Waals surface area contributed by atoms with Crippen molar-refractivity contribution in [3.05, 3.63) is 12.2 Å². The maximum atomic E-state index is 10.7. The Labute approximate surface area is 170 Å². The van der Waals surface area contributed by atoms with Crippen LogP contribution in [0.3, 0.4) is 0 Å². The van der Waals surface area contributed by atoms with Crippen LogP contribution >= 0.6 is 11.6 Å². The molecule has 156 valence electrons. The number of unbranched alkanes of at least 4 members (excludes halogenated alkanes) is 1. The third-order valence-corrected chi connectivity index (χ3v) is 7.12. The second kappa shape index (κ2) is 11.4. The lowest BCUT2D eigenvalue weighted by molar-refractivity contribution is -0.137. The molecule has 0 unspecified atom stereocenters. The van der Waals surface area contributed by atoms with Crippen LogP contribution in [0.1, 0.15) is 84.0 Å². The molecule has 2 fully saturated rings. The molecule has 1 saturated heterocycles. The molecule has 1 heterocycles. The number of aliphatic carboxylic acids is 1. The van der Waals surface area contributed by atoms with E-state index in [4.69, 9.17) is 16.7 Å². The Morgan fingerprint density at radius 2 is 2.11 bits per heavy atom. The normalized spacial score (nSPS) is 26.3. The van der Waals surface area contributed by atoms with Gasteiger partial charge in [0.05, 0.1) is 11.5 Å². The molecular formula is C22H38ClNO3. The van der Waals surface area contributed by atoms with Gasteiger partial charge in [0.15, 0.2) is 0 Å². The van der Waals surface area contributed by atoms with Crippen LogP contribution in [-0.2, 0) is 4.79 Å². The number of aliphatic hydroxyl groups excluding tert-OH is 1. The van der Waals surface area contributed by atoms with E-state index in [9.17, 15) is 9.90 Å². The zero-order chi connectivity index (χ0) is 19.7. The summed E-state index contributed by atoms with van der Waals surface area (Å²) in [4.78, 5) is 13.0. The summed E-state index contributed by atoms with van der Waals surface area (Å²) in [7, 11) is 0. The summed E-state index contributed by atoms with van der Waals surface area (Å²) < 4.78 is 0. The van der Waals surface area contributed by atoms with Gasteiger partial charge < -0.3 is 10.2 Å². The van der Waals surface area contributed by atoms with Crippen LogP contribution in [-0.4, -0.2) is 51.7 Å². The number of carboxylic acid groups (broad SMARTS) is 1. The molecule has 0 aromatic rings. The number of alkyl halides is 1. The number of hydrogen-bond donors (Lipinski definition) is 2. The van der Waals surface area contributed by atoms with Crippen LogP contribution in [0.2, 0.25) is 0 Å². The lowest BCUT2D eigenvalue weighted by atomic mass is 9.62. The van der Waals surface area contributed by atoms with Gasteiger partial charge in [0.2, 0.25) is 0 Å². The summed E-state index contributed by atoms with van der Waals surface area (Å²) in [6.07, 6.45) is 15.8. The SMILES string of the molecule is CCCC1([C@H](O)CCCN2CC[C@@H](Cl)[C@@H]2CC=CCCCC(=O)O)CCC1. The molecule has 2 N–H and O–H groups in total. The molecular weight excluding hydrogens is 362 g/mol. The van der Waals surface area contributed by atoms with Gasteiger partial charge in [-0.15, -0.1) is 11.6 Å². The highest BCUT2D eigenvalue weighted by Gasteiger charge is 2.42. The first-order valence-corrected chi connectivity index (χ1v) is 11.3.